The summed E-state index contributed by atoms with van der Waals surface area (Å²) < 4.78 is 13.0. The minimum atomic E-state index is -0.354. The normalized spacial score (nSPS) is 17.1. The summed E-state index contributed by atoms with van der Waals surface area (Å²) in [4.78, 5) is 32.7. The van der Waals surface area contributed by atoms with Gasteiger partial charge in [0.05, 0.1) is 18.4 Å². The molecular formula is C17H19FN4O2. The van der Waals surface area contributed by atoms with Crippen molar-refractivity contribution >= 4 is 11.8 Å². The molecule has 3 rings (SSSR count). The van der Waals surface area contributed by atoms with Gasteiger partial charge in [0, 0.05) is 31.5 Å². The SMILES string of the molecule is CC(=O)NCc1cnc([C@H]2CCN(C(=O)c3ccc(F)cc3)C2)[nH]1. The molecule has 6 nitrogen and oxygen atoms in total. The van der Waals surface area contributed by atoms with Gasteiger partial charge in [0.1, 0.15) is 11.6 Å². The van der Waals surface area contributed by atoms with Gasteiger partial charge >= 0.3 is 0 Å². The van der Waals surface area contributed by atoms with E-state index in [0.717, 1.165) is 17.9 Å². The summed E-state index contributed by atoms with van der Waals surface area (Å²) in [5.41, 5.74) is 1.33. The van der Waals surface area contributed by atoms with E-state index in [1.165, 1.54) is 31.2 Å². The molecule has 0 spiro atoms. The molecule has 126 valence electrons. The Kier molecular flexibility index (Phi) is 4.59. The smallest absolute Gasteiger partial charge is 0.253 e. The Morgan fingerprint density at radius 2 is 2.12 bits per heavy atom. The Hall–Kier alpha value is -2.70. The molecule has 0 saturated carbocycles. The van der Waals surface area contributed by atoms with Gasteiger partial charge in [0.25, 0.3) is 5.91 Å². The molecule has 2 N–H and O–H groups in total. The van der Waals surface area contributed by atoms with Crippen LogP contribution < -0.4 is 5.32 Å². The number of aromatic amines is 1. The average Bonchev–Trinajstić information content (AvgIpc) is 3.22. The number of amides is 2. The zero-order valence-electron chi connectivity index (χ0n) is 13.4. The van der Waals surface area contributed by atoms with Gasteiger partial charge in [0.2, 0.25) is 5.91 Å². The first kappa shape index (κ1) is 16.2. The zero-order chi connectivity index (χ0) is 17.1. The van der Waals surface area contributed by atoms with Crippen LogP contribution in [0.4, 0.5) is 4.39 Å². The van der Waals surface area contributed by atoms with E-state index in [4.69, 9.17) is 0 Å². The zero-order valence-corrected chi connectivity index (χ0v) is 13.4. The Morgan fingerprint density at radius 3 is 2.83 bits per heavy atom. The van der Waals surface area contributed by atoms with Crippen LogP contribution in [0.3, 0.4) is 0 Å². The third-order valence-electron chi connectivity index (χ3n) is 4.13. The lowest BCUT2D eigenvalue weighted by Crippen LogP contribution is -2.28. The van der Waals surface area contributed by atoms with Crippen molar-refractivity contribution in [2.45, 2.75) is 25.8 Å². The maximum absolute atomic E-state index is 13.0. The standard InChI is InChI=1S/C17H19FN4O2/c1-11(23)19-8-15-9-20-16(21-15)13-6-7-22(10-13)17(24)12-2-4-14(18)5-3-12/h2-5,9,13H,6-8,10H2,1H3,(H,19,23)(H,20,21)/t13-/m0/s1. The second kappa shape index (κ2) is 6.82. The summed E-state index contributed by atoms with van der Waals surface area (Å²) in [5, 5.41) is 2.71. The van der Waals surface area contributed by atoms with Crippen molar-refractivity contribution in [1.82, 2.24) is 20.2 Å². The van der Waals surface area contributed by atoms with Crippen molar-refractivity contribution in [3.63, 3.8) is 0 Å². The molecular weight excluding hydrogens is 311 g/mol. The largest absolute Gasteiger partial charge is 0.351 e. The number of benzene rings is 1. The summed E-state index contributed by atoms with van der Waals surface area (Å²) >= 11 is 0. The maximum atomic E-state index is 13.0. The van der Waals surface area contributed by atoms with Crippen molar-refractivity contribution in [2.75, 3.05) is 13.1 Å². The minimum Gasteiger partial charge on any atom is -0.351 e. The lowest BCUT2D eigenvalue weighted by molar-refractivity contribution is -0.119. The number of nitrogens with zero attached hydrogens (tertiary/aromatic N) is 2. The molecule has 1 atom stereocenters. The highest BCUT2D eigenvalue weighted by Gasteiger charge is 2.29. The number of halogens is 1. The molecule has 1 aliphatic heterocycles. The van der Waals surface area contributed by atoms with E-state index < -0.39 is 0 Å². The Morgan fingerprint density at radius 1 is 1.38 bits per heavy atom. The van der Waals surface area contributed by atoms with Crippen LogP contribution in [0, 0.1) is 5.82 Å². The molecule has 24 heavy (non-hydrogen) atoms. The predicted molar refractivity (Wildman–Crippen MR) is 85.8 cm³/mol. The van der Waals surface area contributed by atoms with Crippen molar-refractivity contribution in [1.29, 1.82) is 0 Å². The molecule has 0 bridgehead atoms. The summed E-state index contributed by atoms with van der Waals surface area (Å²) in [6.07, 6.45) is 2.52. The number of hydrogen-bond acceptors (Lipinski definition) is 3. The maximum Gasteiger partial charge on any atom is 0.253 e. The third-order valence-corrected chi connectivity index (χ3v) is 4.13. The van der Waals surface area contributed by atoms with Crippen LogP contribution >= 0.6 is 0 Å². The fraction of sp³-hybridized carbons (Fsp3) is 0.353. The minimum absolute atomic E-state index is 0.0944. The van der Waals surface area contributed by atoms with Gasteiger partial charge in [-0.05, 0) is 30.7 Å². The van der Waals surface area contributed by atoms with Crippen molar-refractivity contribution in [3.8, 4) is 0 Å². The number of likely N-dealkylation sites (tertiary alicyclic amines) is 1. The van der Waals surface area contributed by atoms with Gasteiger partial charge < -0.3 is 15.2 Å². The lowest BCUT2D eigenvalue weighted by atomic mass is 10.1. The first-order chi connectivity index (χ1) is 11.5. The van der Waals surface area contributed by atoms with Crippen LogP contribution in [-0.4, -0.2) is 39.8 Å². The van der Waals surface area contributed by atoms with E-state index in [9.17, 15) is 14.0 Å². The van der Waals surface area contributed by atoms with Crippen LogP contribution in [0.1, 0.15) is 41.1 Å². The van der Waals surface area contributed by atoms with Gasteiger partial charge in [-0.1, -0.05) is 0 Å². The summed E-state index contributed by atoms with van der Waals surface area (Å²) in [6.45, 7) is 3.09. The van der Waals surface area contributed by atoms with E-state index >= 15 is 0 Å². The topological polar surface area (TPSA) is 78.1 Å². The Bertz CT molecular complexity index is 741. The van der Waals surface area contributed by atoms with Gasteiger partial charge in [-0.15, -0.1) is 0 Å². The molecule has 2 amide bonds. The first-order valence-electron chi connectivity index (χ1n) is 7.86. The number of carbonyl (C=O) groups is 2. The highest BCUT2D eigenvalue weighted by Crippen LogP contribution is 2.26. The number of carbonyl (C=O) groups excluding carboxylic acids is 2. The van der Waals surface area contributed by atoms with Gasteiger partial charge in [-0.2, -0.15) is 0 Å². The molecule has 1 aliphatic rings. The summed E-state index contributed by atoms with van der Waals surface area (Å²) in [6, 6.07) is 5.59. The molecule has 7 heteroatoms. The summed E-state index contributed by atoms with van der Waals surface area (Å²) in [5.74, 6) is 0.420. The van der Waals surface area contributed by atoms with E-state index in [2.05, 4.69) is 15.3 Å². The van der Waals surface area contributed by atoms with Crippen LogP contribution in [0.5, 0.6) is 0 Å². The van der Waals surface area contributed by atoms with Gasteiger partial charge in [-0.3, -0.25) is 9.59 Å². The van der Waals surface area contributed by atoms with Crippen LogP contribution in [0.2, 0.25) is 0 Å². The average molecular weight is 330 g/mol. The highest BCUT2D eigenvalue weighted by molar-refractivity contribution is 5.94. The predicted octanol–water partition coefficient (Wildman–Crippen LogP) is 1.81. The van der Waals surface area contributed by atoms with Crippen LogP contribution in [-0.2, 0) is 11.3 Å². The van der Waals surface area contributed by atoms with Crippen molar-refractivity contribution < 1.29 is 14.0 Å². The molecule has 1 aromatic carbocycles. The monoisotopic (exact) mass is 330 g/mol. The first-order valence-corrected chi connectivity index (χ1v) is 7.86. The fourth-order valence-electron chi connectivity index (χ4n) is 2.84. The Balaban J connectivity index is 1.61. The van der Waals surface area contributed by atoms with Crippen molar-refractivity contribution in [2.24, 2.45) is 0 Å². The molecule has 2 heterocycles. The molecule has 1 aromatic heterocycles. The summed E-state index contributed by atoms with van der Waals surface area (Å²) in [7, 11) is 0. The van der Waals surface area contributed by atoms with E-state index in [0.29, 0.717) is 25.2 Å². The number of rotatable bonds is 4. The molecule has 0 radical (unpaired) electrons. The molecule has 1 fully saturated rings. The Labute approximate surface area is 139 Å². The van der Waals surface area contributed by atoms with Crippen LogP contribution in [0.25, 0.3) is 0 Å². The highest BCUT2D eigenvalue weighted by atomic mass is 19.1. The fourth-order valence-corrected chi connectivity index (χ4v) is 2.84. The lowest BCUT2D eigenvalue weighted by Gasteiger charge is -2.16. The number of hydrogen-bond donors (Lipinski definition) is 2. The van der Waals surface area contributed by atoms with Crippen molar-refractivity contribution in [3.05, 3.63) is 53.4 Å². The second-order valence-electron chi connectivity index (χ2n) is 5.95. The molecule has 1 saturated heterocycles. The van der Waals surface area contributed by atoms with E-state index in [1.54, 1.807) is 11.1 Å². The molecule has 2 aromatic rings. The van der Waals surface area contributed by atoms with Crippen LogP contribution in [0.15, 0.2) is 30.5 Å². The quantitative estimate of drug-likeness (QED) is 0.897. The number of aromatic nitrogens is 2. The molecule has 0 unspecified atom stereocenters. The van der Waals surface area contributed by atoms with E-state index in [-0.39, 0.29) is 23.5 Å². The van der Waals surface area contributed by atoms with Gasteiger partial charge in [0.15, 0.2) is 0 Å². The van der Waals surface area contributed by atoms with Gasteiger partial charge in [-0.25, -0.2) is 9.37 Å². The second-order valence-corrected chi connectivity index (χ2v) is 5.95. The number of H-pyrrole nitrogens is 1. The third kappa shape index (κ3) is 3.61. The molecule has 0 aliphatic carbocycles. The van der Waals surface area contributed by atoms with E-state index in [1.807, 2.05) is 0 Å². The number of imidazole rings is 1. The number of nitrogens with one attached hydrogen (secondary N) is 2.